The zero-order chi connectivity index (χ0) is 23.2. The zero-order valence-corrected chi connectivity index (χ0v) is 17.8. The number of amides is 1. The van der Waals surface area contributed by atoms with E-state index in [-0.39, 0.29) is 24.1 Å². The first-order valence-corrected chi connectivity index (χ1v) is 10.8. The molecule has 1 unspecified atom stereocenters. The summed E-state index contributed by atoms with van der Waals surface area (Å²) in [6.45, 7) is 2.76. The van der Waals surface area contributed by atoms with Gasteiger partial charge in [-0.05, 0) is 62.3 Å². The molecule has 10 heteroatoms. The van der Waals surface area contributed by atoms with Crippen molar-refractivity contribution in [3.8, 4) is 0 Å². The Morgan fingerprint density at radius 3 is 2.59 bits per heavy atom. The maximum absolute atomic E-state index is 15.3. The number of carbonyl (C=O) groups is 1. The number of pyridine rings is 1. The van der Waals surface area contributed by atoms with Crippen molar-refractivity contribution in [2.45, 2.75) is 44.8 Å². The number of alkyl halides is 3. The smallest absolute Gasteiger partial charge is 0.369 e. The second-order valence-electron chi connectivity index (χ2n) is 8.68. The Morgan fingerprint density at radius 1 is 1.25 bits per heavy atom. The SMILES string of the molecule is Cc1c(N2CCC(CNC(=O)C(F)(F)F)C2)c(F)cc2c(CCN)cc(=O)n(C3CC3)c12. The van der Waals surface area contributed by atoms with Crippen LogP contribution in [0.1, 0.15) is 36.4 Å². The second-order valence-corrected chi connectivity index (χ2v) is 8.68. The summed E-state index contributed by atoms with van der Waals surface area (Å²) < 4.78 is 54.4. The molecule has 1 aliphatic heterocycles. The molecule has 174 valence electrons. The lowest BCUT2D eigenvalue weighted by Gasteiger charge is -2.25. The van der Waals surface area contributed by atoms with Crippen LogP contribution >= 0.6 is 0 Å². The minimum absolute atomic E-state index is 0.0952. The van der Waals surface area contributed by atoms with Gasteiger partial charge in [0.05, 0.1) is 11.2 Å². The number of nitrogens with zero attached hydrogens (tertiary/aromatic N) is 2. The number of halogens is 4. The summed E-state index contributed by atoms with van der Waals surface area (Å²) in [7, 11) is 0. The van der Waals surface area contributed by atoms with E-state index in [4.69, 9.17) is 5.73 Å². The fourth-order valence-corrected chi connectivity index (χ4v) is 4.70. The normalized spacial score (nSPS) is 19.1. The highest BCUT2D eigenvalue weighted by molar-refractivity contribution is 5.90. The van der Waals surface area contributed by atoms with Gasteiger partial charge in [0, 0.05) is 37.1 Å². The van der Waals surface area contributed by atoms with Crippen molar-refractivity contribution >= 4 is 22.5 Å². The summed E-state index contributed by atoms with van der Waals surface area (Å²) in [4.78, 5) is 25.7. The Kier molecular flexibility index (Phi) is 5.91. The minimum Gasteiger partial charge on any atom is -0.369 e. The molecule has 2 aromatic rings. The molecule has 1 atom stereocenters. The molecule has 4 rings (SSSR count). The van der Waals surface area contributed by atoms with Crippen molar-refractivity contribution in [2.24, 2.45) is 11.7 Å². The summed E-state index contributed by atoms with van der Waals surface area (Å²) in [5, 5.41) is 2.59. The average Bonchev–Trinajstić information content (AvgIpc) is 3.44. The number of hydrogen-bond donors (Lipinski definition) is 2. The Labute approximate surface area is 182 Å². The Hall–Kier alpha value is -2.62. The molecule has 1 amide bonds. The Bertz CT molecular complexity index is 1110. The lowest BCUT2D eigenvalue weighted by atomic mass is 10.0. The molecule has 2 heterocycles. The van der Waals surface area contributed by atoms with Gasteiger partial charge in [0.1, 0.15) is 5.82 Å². The highest BCUT2D eigenvalue weighted by atomic mass is 19.4. The first-order valence-electron chi connectivity index (χ1n) is 10.8. The third-order valence-electron chi connectivity index (χ3n) is 6.32. The van der Waals surface area contributed by atoms with Gasteiger partial charge in [-0.1, -0.05) is 0 Å². The molecule has 2 fully saturated rings. The standard InChI is InChI=1S/C22H26F4N4O2/c1-12-19-16(14(4-6-27)8-18(31)30(19)15-2-3-15)9-17(23)20(12)29-7-5-13(11-29)10-28-21(32)22(24,25)26/h8-9,13,15H,2-7,10-11,27H2,1H3,(H,28,32). The predicted octanol–water partition coefficient (Wildman–Crippen LogP) is 2.79. The number of rotatable bonds is 6. The van der Waals surface area contributed by atoms with Gasteiger partial charge in [-0.2, -0.15) is 13.2 Å². The van der Waals surface area contributed by atoms with E-state index >= 15 is 4.39 Å². The van der Waals surface area contributed by atoms with E-state index in [1.165, 1.54) is 6.07 Å². The van der Waals surface area contributed by atoms with Gasteiger partial charge in [0.2, 0.25) is 0 Å². The fourth-order valence-electron chi connectivity index (χ4n) is 4.70. The van der Waals surface area contributed by atoms with Crippen molar-refractivity contribution in [1.29, 1.82) is 0 Å². The molecule has 1 saturated heterocycles. The first-order chi connectivity index (χ1) is 15.1. The monoisotopic (exact) mass is 454 g/mol. The molecular weight excluding hydrogens is 428 g/mol. The number of aryl methyl sites for hydroxylation is 1. The van der Waals surface area contributed by atoms with Crippen LogP contribution in [0, 0.1) is 18.7 Å². The highest BCUT2D eigenvalue weighted by Crippen LogP contribution is 2.40. The zero-order valence-electron chi connectivity index (χ0n) is 17.8. The third-order valence-corrected chi connectivity index (χ3v) is 6.32. The number of nitrogens with one attached hydrogen (secondary N) is 1. The van der Waals surface area contributed by atoms with E-state index in [1.54, 1.807) is 22.5 Å². The van der Waals surface area contributed by atoms with Crippen LogP contribution in [0.2, 0.25) is 0 Å². The van der Waals surface area contributed by atoms with Crippen molar-refractivity contribution in [1.82, 2.24) is 9.88 Å². The molecule has 0 bridgehead atoms. The minimum atomic E-state index is -4.92. The maximum Gasteiger partial charge on any atom is 0.471 e. The van der Waals surface area contributed by atoms with Gasteiger partial charge in [0.25, 0.3) is 5.56 Å². The molecular formula is C22H26F4N4O2. The van der Waals surface area contributed by atoms with Crippen LogP contribution in [0.3, 0.4) is 0 Å². The van der Waals surface area contributed by atoms with Crippen LogP contribution in [-0.2, 0) is 11.2 Å². The number of nitrogens with two attached hydrogens (primary N) is 1. The molecule has 32 heavy (non-hydrogen) atoms. The fraction of sp³-hybridized carbons (Fsp3) is 0.545. The molecule has 1 saturated carbocycles. The molecule has 1 aromatic heterocycles. The van der Waals surface area contributed by atoms with Gasteiger partial charge in [-0.25, -0.2) is 4.39 Å². The first kappa shape index (κ1) is 22.6. The lowest BCUT2D eigenvalue weighted by Crippen LogP contribution is -2.39. The van der Waals surface area contributed by atoms with Gasteiger partial charge in [0.15, 0.2) is 0 Å². The van der Waals surface area contributed by atoms with E-state index in [9.17, 15) is 22.8 Å². The summed E-state index contributed by atoms with van der Waals surface area (Å²) in [6, 6.07) is 3.08. The third kappa shape index (κ3) is 4.20. The molecule has 0 spiro atoms. The number of carbonyl (C=O) groups excluding carboxylic acids is 1. The van der Waals surface area contributed by atoms with Crippen molar-refractivity contribution in [3.63, 3.8) is 0 Å². The van der Waals surface area contributed by atoms with Crippen molar-refractivity contribution < 1.29 is 22.4 Å². The molecule has 1 aromatic carbocycles. The van der Waals surface area contributed by atoms with Crippen molar-refractivity contribution in [2.75, 3.05) is 31.1 Å². The number of aromatic nitrogens is 1. The van der Waals surface area contributed by atoms with E-state index in [0.717, 1.165) is 12.8 Å². The summed E-state index contributed by atoms with van der Waals surface area (Å²) >= 11 is 0. The topological polar surface area (TPSA) is 80.4 Å². The molecule has 0 radical (unpaired) electrons. The van der Waals surface area contributed by atoms with Crippen LogP contribution in [0.4, 0.5) is 23.2 Å². The van der Waals surface area contributed by atoms with E-state index in [0.29, 0.717) is 60.2 Å². The van der Waals surface area contributed by atoms with Gasteiger partial charge < -0.3 is 20.5 Å². The summed E-state index contributed by atoms with van der Waals surface area (Å²) in [5.41, 5.74) is 7.99. The largest absolute Gasteiger partial charge is 0.471 e. The van der Waals surface area contributed by atoms with E-state index in [2.05, 4.69) is 0 Å². The van der Waals surface area contributed by atoms with Crippen LogP contribution in [-0.4, -0.2) is 42.8 Å². The van der Waals surface area contributed by atoms with Crippen LogP contribution in [0.15, 0.2) is 16.9 Å². The quantitative estimate of drug-likeness (QED) is 0.658. The molecule has 6 nitrogen and oxygen atoms in total. The Balaban J connectivity index is 1.67. The summed E-state index contributed by atoms with van der Waals surface area (Å²) in [6.07, 6.45) is -2.16. The van der Waals surface area contributed by atoms with Crippen LogP contribution in [0.5, 0.6) is 0 Å². The number of fused-ring (bicyclic) bond motifs is 1. The highest BCUT2D eigenvalue weighted by Gasteiger charge is 2.39. The van der Waals surface area contributed by atoms with Gasteiger partial charge in [-0.15, -0.1) is 0 Å². The van der Waals surface area contributed by atoms with Crippen LogP contribution < -0.4 is 21.5 Å². The summed E-state index contributed by atoms with van der Waals surface area (Å²) in [5.74, 6) is -2.64. The van der Waals surface area contributed by atoms with E-state index in [1.807, 2.05) is 5.32 Å². The lowest BCUT2D eigenvalue weighted by molar-refractivity contribution is -0.173. The molecule has 1 aliphatic carbocycles. The van der Waals surface area contributed by atoms with Gasteiger partial charge >= 0.3 is 12.1 Å². The number of anilines is 1. The van der Waals surface area contributed by atoms with E-state index < -0.39 is 17.9 Å². The van der Waals surface area contributed by atoms with Gasteiger partial charge in [-0.3, -0.25) is 9.59 Å². The predicted molar refractivity (Wildman–Crippen MR) is 113 cm³/mol. The molecule has 2 aliphatic rings. The maximum atomic E-state index is 15.3. The van der Waals surface area contributed by atoms with Crippen LogP contribution in [0.25, 0.3) is 10.9 Å². The average molecular weight is 454 g/mol. The Morgan fingerprint density at radius 2 is 1.97 bits per heavy atom. The molecule has 3 N–H and O–H groups in total. The number of hydrogen-bond acceptors (Lipinski definition) is 4. The number of benzene rings is 1. The van der Waals surface area contributed by atoms with Crippen molar-refractivity contribution in [3.05, 3.63) is 39.4 Å². The second kappa shape index (κ2) is 8.38.